The van der Waals surface area contributed by atoms with Crippen LogP contribution in [-0.2, 0) is 11.3 Å². The average molecular weight is 524 g/mol. The Morgan fingerprint density at radius 1 is 1.15 bits per heavy atom. The number of benzene rings is 1. The van der Waals surface area contributed by atoms with Gasteiger partial charge in [-0.05, 0) is 53.5 Å². The highest BCUT2D eigenvalue weighted by molar-refractivity contribution is 7.11. The van der Waals surface area contributed by atoms with Gasteiger partial charge in [-0.3, -0.25) is 9.59 Å². The monoisotopic (exact) mass is 523 g/mol. The predicted molar refractivity (Wildman–Crippen MR) is 132 cm³/mol. The summed E-state index contributed by atoms with van der Waals surface area (Å²) in [6.45, 7) is 0.200. The van der Waals surface area contributed by atoms with Crippen LogP contribution in [-0.4, -0.2) is 32.2 Å². The molecule has 0 spiro atoms. The van der Waals surface area contributed by atoms with Crippen molar-refractivity contribution in [3.63, 3.8) is 0 Å². The number of aromatic hydroxyl groups is 1. The maximum absolute atomic E-state index is 13.7. The fraction of sp³-hybridized carbons (Fsp3) is 0.348. The number of nitrogens with one attached hydrogen (secondary N) is 1. The summed E-state index contributed by atoms with van der Waals surface area (Å²) in [5, 5.41) is 14.9. The minimum Gasteiger partial charge on any atom is -0.508 e. The lowest BCUT2D eigenvalue weighted by atomic mass is 9.94. The molecule has 1 aromatic carbocycles. The molecule has 1 aliphatic carbocycles. The number of phenolic OH excluding ortho intramolecular Hbond substituents is 1. The van der Waals surface area contributed by atoms with Crippen LogP contribution in [0.4, 0.5) is 0 Å². The third kappa shape index (κ3) is 5.69. The summed E-state index contributed by atoms with van der Waals surface area (Å²) in [6.07, 6.45) is 5.14. The number of carbonyl (C=O) groups is 2. The molecule has 1 aliphatic rings. The topological polar surface area (TPSA) is 82.5 Å². The maximum Gasteiger partial charge on any atom is 0.276 e. The van der Waals surface area contributed by atoms with Gasteiger partial charge in [0.15, 0.2) is 5.69 Å². The van der Waals surface area contributed by atoms with Crippen LogP contribution in [0.1, 0.15) is 59.1 Å². The van der Waals surface area contributed by atoms with Crippen LogP contribution in [0, 0.1) is 0 Å². The van der Waals surface area contributed by atoms with Gasteiger partial charge in [-0.1, -0.05) is 60.7 Å². The Hall–Kier alpha value is -2.13. The van der Waals surface area contributed by atoms with Gasteiger partial charge < -0.3 is 15.3 Å². The molecule has 0 saturated heterocycles. The lowest BCUT2D eigenvalue weighted by molar-refractivity contribution is -0.127. The van der Waals surface area contributed by atoms with Crippen LogP contribution in [0.3, 0.4) is 0 Å². The SMILES string of the molecule is O=C(NC1CCCCC1)[C@@H](c1ccc(O)cc1)N(Cc1cccs1)C(=O)c1nsc(Cl)c1Cl. The number of hydrogen-bond donors (Lipinski definition) is 2. The molecule has 1 saturated carbocycles. The van der Waals surface area contributed by atoms with Gasteiger partial charge in [0.05, 0.1) is 6.54 Å². The molecule has 6 nitrogen and oxygen atoms in total. The number of phenols is 1. The number of nitrogens with zero attached hydrogens (tertiary/aromatic N) is 2. The molecule has 4 rings (SSSR count). The highest BCUT2D eigenvalue weighted by Crippen LogP contribution is 2.34. The van der Waals surface area contributed by atoms with Gasteiger partial charge in [0.1, 0.15) is 21.2 Å². The van der Waals surface area contributed by atoms with E-state index in [-0.39, 0.29) is 39.3 Å². The first-order valence-corrected chi connectivity index (χ1v) is 13.1. The number of hydrogen-bond acceptors (Lipinski definition) is 6. The zero-order chi connectivity index (χ0) is 23.4. The van der Waals surface area contributed by atoms with Gasteiger partial charge in [-0.2, -0.15) is 4.37 Å². The molecule has 1 fully saturated rings. The number of aromatic nitrogens is 1. The predicted octanol–water partition coefficient (Wildman–Crippen LogP) is 6.05. The van der Waals surface area contributed by atoms with E-state index in [2.05, 4.69) is 9.69 Å². The van der Waals surface area contributed by atoms with E-state index in [0.717, 1.165) is 42.1 Å². The smallest absolute Gasteiger partial charge is 0.276 e. The fourth-order valence-electron chi connectivity index (χ4n) is 4.04. The Labute approximate surface area is 210 Å². The number of rotatable bonds is 7. The largest absolute Gasteiger partial charge is 0.508 e. The summed E-state index contributed by atoms with van der Waals surface area (Å²) in [7, 11) is 0. The molecule has 1 atom stereocenters. The second kappa shape index (κ2) is 10.9. The van der Waals surface area contributed by atoms with E-state index in [9.17, 15) is 14.7 Å². The van der Waals surface area contributed by atoms with Crippen molar-refractivity contribution < 1.29 is 14.7 Å². The Morgan fingerprint density at radius 2 is 1.88 bits per heavy atom. The number of carbonyl (C=O) groups excluding carboxylic acids is 2. The minimum absolute atomic E-state index is 0.0254. The van der Waals surface area contributed by atoms with Gasteiger partial charge in [-0.15, -0.1) is 11.3 Å². The van der Waals surface area contributed by atoms with Crippen molar-refractivity contribution in [1.29, 1.82) is 0 Å². The first-order valence-electron chi connectivity index (χ1n) is 10.7. The van der Waals surface area contributed by atoms with E-state index < -0.39 is 11.9 Å². The van der Waals surface area contributed by atoms with Crippen molar-refractivity contribution in [3.05, 3.63) is 67.3 Å². The molecule has 2 amide bonds. The van der Waals surface area contributed by atoms with E-state index in [1.165, 1.54) is 34.8 Å². The van der Waals surface area contributed by atoms with E-state index in [1.807, 2.05) is 17.5 Å². The fourth-order valence-corrected chi connectivity index (χ4v) is 5.73. The first kappa shape index (κ1) is 24.0. The van der Waals surface area contributed by atoms with Crippen LogP contribution < -0.4 is 5.32 Å². The molecule has 10 heteroatoms. The van der Waals surface area contributed by atoms with Crippen LogP contribution in [0.15, 0.2) is 41.8 Å². The molecule has 2 aromatic heterocycles. The van der Waals surface area contributed by atoms with Crippen molar-refractivity contribution in [2.24, 2.45) is 0 Å². The third-order valence-corrected chi connectivity index (χ3v) is 8.16. The molecular formula is C23H23Cl2N3O3S2. The van der Waals surface area contributed by atoms with Crippen LogP contribution >= 0.6 is 46.1 Å². The minimum atomic E-state index is -0.932. The molecule has 0 radical (unpaired) electrons. The zero-order valence-corrected chi connectivity index (χ0v) is 20.8. The van der Waals surface area contributed by atoms with Crippen LogP contribution in [0.25, 0.3) is 0 Å². The van der Waals surface area contributed by atoms with Crippen LogP contribution in [0.5, 0.6) is 5.75 Å². The number of amides is 2. The highest BCUT2D eigenvalue weighted by Gasteiger charge is 2.35. The van der Waals surface area contributed by atoms with Crippen LogP contribution in [0.2, 0.25) is 9.36 Å². The molecule has 33 heavy (non-hydrogen) atoms. The number of thiophene rings is 1. The van der Waals surface area contributed by atoms with Gasteiger partial charge in [0.2, 0.25) is 5.91 Å². The highest BCUT2D eigenvalue weighted by atomic mass is 35.5. The Morgan fingerprint density at radius 3 is 2.48 bits per heavy atom. The summed E-state index contributed by atoms with van der Waals surface area (Å²) in [6, 6.07) is 9.28. The molecule has 0 aliphatic heterocycles. The normalized spacial score (nSPS) is 15.2. The quantitative estimate of drug-likeness (QED) is 0.394. The second-order valence-corrected chi connectivity index (χ2v) is 10.8. The van der Waals surface area contributed by atoms with E-state index in [0.29, 0.717) is 5.56 Å². The average Bonchev–Trinajstić information content (AvgIpc) is 3.45. The molecule has 3 aromatic rings. The maximum atomic E-state index is 13.7. The summed E-state index contributed by atoms with van der Waals surface area (Å²) in [5.74, 6) is -0.668. The zero-order valence-electron chi connectivity index (χ0n) is 17.7. The second-order valence-electron chi connectivity index (χ2n) is 7.97. The van der Waals surface area contributed by atoms with Gasteiger partial charge >= 0.3 is 0 Å². The van der Waals surface area contributed by atoms with E-state index in [1.54, 1.807) is 12.1 Å². The van der Waals surface area contributed by atoms with Gasteiger partial charge in [0, 0.05) is 10.9 Å². The van der Waals surface area contributed by atoms with Crippen molar-refractivity contribution in [2.45, 2.75) is 50.7 Å². The Bertz CT molecular complexity index is 1100. The summed E-state index contributed by atoms with van der Waals surface area (Å²) in [4.78, 5) is 29.7. The Kier molecular flexibility index (Phi) is 7.90. The molecule has 2 N–H and O–H groups in total. The van der Waals surface area contributed by atoms with Crippen molar-refractivity contribution in [3.8, 4) is 5.75 Å². The lowest BCUT2D eigenvalue weighted by Gasteiger charge is -2.33. The van der Waals surface area contributed by atoms with E-state index in [4.69, 9.17) is 23.2 Å². The molecule has 0 bridgehead atoms. The molecule has 174 valence electrons. The summed E-state index contributed by atoms with van der Waals surface area (Å²) < 4.78 is 4.37. The Balaban J connectivity index is 1.73. The summed E-state index contributed by atoms with van der Waals surface area (Å²) in [5.41, 5.74) is 0.612. The lowest BCUT2D eigenvalue weighted by Crippen LogP contribution is -2.46. The molecular weight excluding hydrogens is 501 g/mol. The standard InChI is InChI=1S/C23H23Cl2N3O3S2/c24-18-19(27-33-21(18)25)23(31)28(13-17-7-4-12-32-17)20(14-8-10-16(29)11-9-14)22(30)26-15-5-2-1-3-6-15/h4,7-12,15,20,29H,1-3,5-6,13H2,(H,26,30)/t20-/m1/s1. The molecule has 2 heterocycles. The van der Waals surface area contributed by atoms with E-state index >= 15 is 0 Å². The van der Waals surface area contributed by atoms with Crippen molar-refractivity contribution in [1.82, 2.24) is 14.6 Å². The molecule has 0 unspecified atom stereocenters. The van der Waals surface area contributed by atoms with Crippen molar-refractivity contribution >= 4 is 57.9 Å². The summed E-state index contributed by atoms with van der Waals surface area (Å²) >= 11 is 14.8. The first-order chi connectivity index (χ1) is 15.9. The van der Waals surface area contributed by atoms with Gasteiger partial charge in [-0.25, -0.2) is 0 Å². The van der Waals surface area contributed by atoms with Gasteiger partial charge in [0.25, 0.3) is 5.91 Å². The third-order valence-electron chi connectivity index (χ3n) is 5.69. The van der Waals surface area contributed by atoms with Crippen molar-refractivity contribution in [2.75, 3.05) is 0 Å². The number of halogens is 2.